The van der Waals surface area contributed by atoms with Gasteiger partial charge in [-0.25, -0.2) is 0 Å². The fourth-order valence-electron chi connectivity index (χ4n) is 6.63. The van der Waals surface area contributed by atoms with E-state index in [1.165, 1.54) is 38.8 Å². The normalized spacial score (nSPS) is 28.3. The average molecular weight is 531 g/mol. The van der Waals surface area contributed by atoms with E-state index in [4.69, 9.17) is 9.47 Å². The second kappa shape index (κ2) is 11.6. The monoisotopic (exact) mass is 529 g/mol. The molecule has 1 N–H and O–H groups in total. The Kier molecular flexibility index (Phi) is 8.73. The zero-order chi connectivity index (χ0) is 22.6. The van der Waals surface area contributed by atoms with Crippen LogP contribution < -0.4 is 21.7 Å². The SMILES string of the molecule is O[C@](CO[C@H]1C[N+]2(CCCOc3ccccc3)CCC1CC2)(c1ccccc1)C1CCCC1.[Br-]. The molecule has 2 aromatic carbocycles. The van der Waals surface area contributed by atoms with E-state index in [-0.39, 0.29) is 23.1 Å². The lowest BCUT2D eigenvalue weighted by Gasteiger charge is -2.53. The summed E-state index contributed by atoms with van der Waals surface area (Å²) in [5.41, 5.74) is 0.165. The number of halogens is 1. The maximum absolute atomic E-state index is 11.9. The van der Waals surface area contributed by atoms with Crippen LogP contribution >= 0.6 is 0 Å². The molecule has 2 bridgehead atoms. The molecular weight excluding hydrogens is 490 g/mol. The second-order valence-corrected chi connectivity index (χ2v) is 10.7. The van der Waals surface area contributed by atoms with Crippen molar-refractivity contribution in [1.29, 1.82) is 0 Å². The Morgan fingerprint density at radius 3 is 2.21 bits per heavy atom. The number of rotatable bonds is 10. The molecule has 1 saturated carbocycles. The first kappa shape index (κ1) is 25.7. The highest BCUT2D eigenvalue weighted by Crippen LogP contribution is 2.42. The van der Waals surface area contributed by atoms with Crippen molar-refractivity contribution in [3.8, 4) is 5.75 Å². The first-order valence-electron chi connectivity index (χ1n) is 13.1. The Balaban J connectivity index is 0.00000274. The highest BCUT2D eigenvalue weighted by molar-refractivity contribution is 5.24. The molecule has 2 aromatic rings. The van der Waals surface area contributed by atoms with Gasteiger partial charge in [0.25, 0.3) is 0 Å². The molecule has 6 rings (SSSR count). The van der Waals surface area contributed by atoms with Gasteiger partial charge in [-0.05, 0) is 36.5 Å². The van der Waals surface area contributed by atoms with Crippen LogP contribution in [-0.4, -0.2) is 55.1 Å². The molecule has 3 heterocycles. The summed E-state index contributed by atoms with van der Waals surface area (Å²) in [6.07, 6.45) is 8.47. The van der Waals surface area contributed by atoms with E-state index in [9.17, 15) is 5.11 Å². The van der Waals surface area contributed by atoms with Gasteiger partial charge >= 0.3 is 0 Å². The smallest absolute Gasteiger partial charge is 0.119 e. The standard InChI is InChI=1S/C29H40NO3.BrH/c31-29(26-12-7-8-13-26,25-10-3-1-4-11-25)23-33-28-22-30(19-16-24(28)17-20-30)18-9-21-32-27-14-5-2-6-15-27;/h1-6,10-11,14-15,24,26,28,31H,7-9,12-13,16-23H2;1H/q+1;/p-1/t24?,28-,29+,30?;/m0./s1. The van der Waals surface area contributed by atoms with Crippen molar-refractivity contribution in [2.24, 2.45) is 11.8 Å². The molecule has 1 aliphatic carbocycles. The maximum atomic E-state index is 11.9. The number of hydrogen-bond acceptors (Lipinski definition) is 3. The first-order valence-corrected chi connectivity index (χ1v) is 13.1. The zero-order valence-corrected chi connectivity index (χ0v) is 21.9. The summed E-state index contributed by atoms with van der Waals surface area (Å²) >= 11 is 0. The van der Waals surface area contributed by atoms with Crippen LogP contribution in [0, 0.1) is 11.8 Å². The topological polar surface area (TPSA) is 38.7 Å². The molecule has 0 unspecified atom stereocenters. The van der Waals surface area contributed by atoms with Crippen LogP contribution in [0.25, 0.3) is 0 Å². The summed E-state index contributed by atoms with van der Waals surface area (Å²) < 4.78 is 13.8. The largest absolute Gasteiger partial charge is 1.00 e. The highest BCUT2D eigenvalue weighted by atomic mass is 79.9. The van der Waals surface area contributed by atoms with Crippen LogP contribution in [-0.2, 0) is 10.3 Å². The van der Waals surface area contributed by atoms with Crippen LogP contribution in [0.4, 0.5) is 0 Å². The molecule has 2 atom stereocenters. The number of fused-ring (bicyclic) bond motifs is 3. The Hall–Kier alpha value is -1.40. The van der Waals surface area contributed by atoms with Crippen LogP contribution in [0.2, 0.25) is 0 Å². The van der Waals surface area contributed by atoms with Gasteiger partial charge in [-0.3, -0.25) is 0 Å². The molecule has 3 saturated heterocycles. The Morgan fingerprint density at radius 2 is 1.53 bits per heavy atom. The maximum Gasteiger partial charge on any atom is 0.119 e. The summed E-state index contributed by atoms with van der Waals surface area (Å²) in [5, 5.41) is 11.9. The number of nitrogens with zero attached hydrogens (tertiary/aromatic N) is 1. The van der Waals surface area contributed by atoms with Crippen LogP contribution in [0.5, 0.6) is 5.75 Å². The summed E-state index contributed by atoms with van der Waals surface area (Å²) in [7, 11) is 0. The molecule has 0 spiro atoms. The zero-order valence-electron chi connectivity index (χ0n) is 20.3. The van der Waals surface area contributed by atoms with E-state index in [0.717, 1.165) is 54.8 Å². The molecule has 3 aliphatic heterocycles. The van der Waals surface area contributed by atoms with Gasteiger partial charge in [0.2, 0.25) is 0 Å². The molecule has 4 fully saturated rings. The number of hydrogen-bond donors (Lipinski definition) is 1. The minimum absolute atomic E-state index is 0. The predicted octanol–water partition coefficient (Wildman–Crippen LogP) is 2.16. The second-order valence-electron chi connectivity index (χ2n) is 10.7. The van der Waals surface area contributed by atoms with Crippen molar-refractivity contribution < 1.29 is 36.0 Å². The number of quaternary nitrogens is 1. The number of aliphatic hydroxyl groups is 1. The fraction of sp³-hybridized carbons (Fsp3) is 0.586. The number of benzene rings is 2. The molecule has 0 aromatic heterocycles. The summed E-state index contributed by atoms with van der Waals surface area (Å²) in [6, 6.07) is 20.4. The van der Waals surface area contributed by atoms with Gasteiger partial charge < -0.3 is 36.0 Å². The van der Waals surface area contributed by atoms with Crippen molar-refractivity contribution in [2.75, 3.05) is 39.4 Å². The van der Waals surface area contributed by atoms with Crippen molar-refractivity contribution in [3.05, 3.63) is 66.2 Å². The highest BCUT2D eigenvalue weighted by Gasteiger charge is 2.48. The quantitative estimate of drug-likeness (QED) is 0.378. The van der Waals surface area contributed by atoms with E-state index >= 15 is 0 Å². The van der Waals surface area contributed by atoms with Gasteiger partial charge in [0.05, 0.1) is 32.8 Å². The summed E-state index contributed by atoms with van der Waals surface area (Å²) in [6.45, 7) is 5.98. The van der Waals surface area contributed by atoms with Crippen LogP contribution in [0.3, 0.4) is 0 Å². The molecule has 0 radical (unpaired) electrons. The average Bonchev–Trinajstić information content (AvgIpc) is 3.43. The molecule has 4 nitrogen and oxygen atoms in total. The predicted molar refractivity (Wildman–Crippen MR) is 131 cm³/mol. The van der Waals surface area contributed by atoms with E-state index in [0.29, 0.717) is 18.4 Å². The summed E-state index contributed by atoms with van der Waals surface area (Å²) in [4.78, 5) is 0. The first-order chi connectivity index (χ1) is 16.2. The Morgan fingerprint density at radius 1 is 0.882 bits per heavy atom. The van der Waals surface area contributed by atoms with Gasteiger partial charge in [0.1, 0.15) is 24.0 Å². The molecule has 5 heteroatoms. The molecule has 186 valence electrons. The van der Waals surface area contributed by atoms with Gasteiger partial charge in [-0.1, -0.05) is 61.4 Å². The number of piperidine rings is 3. The van der Waals surface area contributed by atoms with Crippen molar-refractivity contribution in [2.45, 2.75) is 56.7 Å². The third kappa shape index (κ3) is 5.70. The third-order valence-electron chi connectivity index (χ3n) is 8.65. The van der Waals surface area contributed by atoms with E-state index in [2.05, 4.69) is 12.1 Å². The van der Waals surface area contributed by atoms with Gasteiger partial charge in [-0.15, -0.1) is 0 Å². The molecule has 0 amide bonds. The van der Waals surface area contributed by atoms with Gasteiger partial charge in [-0.2, -0.15) is 0 Å². The molecule has 34 heavy (non-hydrogen) atoms. The number of para-hydroxylation sites is 1. The van der Waals surface area contributed by atoms with E-state index < -0.39 is 5.60 Å². The van der Waals surface area contributed by atoms with Crippen LogP contribution in [0.1, 0.15) is 50.5 Å². The minimum Gasteiger partial charge on any atom is -1.00 e. The fourth-order valence-corrected chi connectivity index (χ4v) is 6.63. The lowest BCUT2D eigenvalue weighted by Crippen LogP contribution is -3.00. The third-order valence-corrected chi connectivity index (χ3v) is 8.65. The van der Waals surface area contributed by atoms with Gasteiger partial charge in [0, 0.05) is 25.2 Å². The van der Waals surface area contributed by atoms with E-state index in [1.54, 1.807) is 0 Å². The van der Waals surface area contributed by atoms with Crippen molar-refractivity contribution in [3.63, 3.8) is 0 Å². The minimum atomic E-state index is -0.863. The summed E-state index contributed by atoms with van der Waals surface area (Å²) in [5.74, 6) is 1.91. The van der Waals surface area contributed by atoms with Crippen LogP contribution in [0.15, 0.2) is 60.7 Å². The molecule has 4 aliphatic rings. The lowest BCUT2D eigenvalue weighted by molar-refractivity contribution is -0.946. The number of ether oxygens (including phenoxy) is 2. The van der Waals surface area contributed by atoms with Crippen molar-refractivity contribution in [1.82, 2.24) is 0 Å². The Bertz CT molecular complexity index is 865. The molecular formula is C29H40BrNO3. The van der Waals surface area contributed by atoms with E-state index in [1.807, 2.05) is 48.5 Å². The van der Waals surface area contributed by atoms with Gasteiger partial charge in [0.15, 0.2) is 0 Å². The Labute approximate surface area is 215 Å². The van der Waals surface area contributed by atoms with Crippen molar-refractivity contribution >= 4 is 0 Å². The lowest BCUT2D eigenvalue weighted by atomic mass is 9.80.